The summed E-state index contributed by atoms with van der Waals surface area (Å²) >= 11 is 0. The molecule has 2 unspecified atom stereocenters. The third-order valence-electron chi connectivity index (χ3n) is 9.11. The molecular formula is C25H34O3. The molecule has 3 heteroatoms. The Balaban J connectivity index is 1.56. The minimum Gasteiger partial charge on any atom is -0.501 e. The van der Waals surface area contributed by atoms with E-state index in [1.807, 2.05) is 0 Å². The molecule has 5 atom stereocenters. The summed E-state index contributed by atoms with van der Waals surface area (Å²) in [6.07, 6.45) is 15.8. The molecule has 28 heavy (non-hydrogen) atoms. The maximum Gasteiger partial charge on any atom is 0.306 e. The van der Waals surface area contributed by atoms with Crippen LogP contribution in [0.3, 0.4) is 0 Å². The van der Waals surface area contributed by atoms with Gasteiger partial charge in [-0.05, 0) is 74.9 Å². The van der Waals surface area contributed by atoms with Crippen molar-refractivity contribution in [2.24, 2.45) is 28.6 Å². The molecule has 0 aromatic heterocycles. The zero-order valence-electron chi connectivity index (χ0n) is 17.8. The van der Waals surface area contributed by atoms with Gasteiger partial charge in [0.1, 0.15) is 5.60 Å². The lowest BCUT2D eigenvalue weighted by Crippen LogP contribution is -2.54. The predicted molar refractivity (Wildman–Crippen MR) is 109 cm³/mol. The van der Waals surface area contributed by atoms with Crippen molar-refractivity contribution in [3.8, 4) is 0 Å². The topological polar surface area (TPSA) is 35.5 Å². The first-order chi connectivity index (χ1) is 13.3. The van der Waals surface area contributed by atoms with Crippen LogP contribution in [0.15, 0.2) is 35.1 Å². The van der Waals surface area contributed by atoms with E-state index in [0.717, 1.165) is 43.8 Å². The number of fused-ring (bicyclic) bond motifs is 3. The van der Waals surface area contributed by atoms with Crippen molar-refractivity contribution in [1.82, 2.24) is 0 Å². The summed E-state index contributed by atoms with van der Waals surface area (Å²) in [6, 6.07) is 0. The van der Waals surface area contributed by atoms with Crippen LogP contribution in [0.25, 0.3) is 0 Å². The lowest BCUT2D eigenvalue weighted by atomic mass is 9.48. The van der Waals surface area contributed by atoms with Gasteiger partial charge >= 0.3 is 5.97 Å². The third-order valence-corrected chi connectivity index (χ3v) is 9.11. The van der Waals surface area contributed by atoms with Crippen LogP contribution in [0, 0.1) is 28.6 Å². The molecule has 0 aromatic rings. The molecule has 5 aliphatic rings. The van der Waals surface area contributed by atoms with E-state index in [4.69, 9.17) is 9.47 Å². The third kappa shape index (κ3) is 2.44. The van der Waals surface area contributed by atoms with Crippen LogP contribution in [0.1, 0.15) is 72.1 Å². The normalized spacial score (nSPS) is 45.3. The number of esters is 1. The number of allylic oxidation sites excluding steroid dienone is 6. The van der Waals surface area contributed by atoms with E-state index in [2.05, 4.69) is 39.0 Å². The molecule has 0 amide bonds. The van der Waals surface area contributed by atoms with E-state index in [-0.39, 0.29) is 22.4 Å². The van der Waals surface area contributed by atoms with E-state index in [1.54, 1.807) is 12.7 Å². The fourth-order valence-corrected chi connectivity index (χ4v) is 7.06. The summed E-state index contributed by atoms with van der Waals surface area (Å²) in [5.41, 5.74) is 2.99. The molecule has 1 aliphatic heterocycles. The van der Waals surface area contributed by atoms with Crippen molar-refractivity contribution in [2.75, 3.05) is 7.11 Å². The first-order valence-corrected chi connectivity index (χ1v) is 11.2. The van der Waals surface area contributed by atoms with Crippen LogP contribution in [0.5, 0.6) is 0 Å². The van der Waals surface area contributed by atoms with Crippen molar-refractivity contribution < 1.29 is 14.3 Å². The number of carbonyl (C=O) groups excluding carboxylic acids is 1. The highest BCUT2D eigenvalue weighted by Gasteiger charge is 2.62. The number of cyclic esters (lactones) is 1. The van der Waals surface area contributed by atoms with Crippen molar-refractivity contribution in [3.05, 3.63) is 35.1 Å². The highest BCUT2D eigenvalue weighted by Crippen LogP contribution is 2.66. The monoisotopic (exact) mass is 382 g/mol. The van der Waals surface area contributed by atoms with Crippen molar-refractivity contribution in [2.45, 2.75) is 77.7 Å². The van der Waals surface area contributed by atoms with Crippen molar-refractivity contribution in [3.63, 3.8) is 0 Å². The first kappa shape index (κ1) is 18.5. The molecule has 0 radical (unpaired) electrons. The molecule has 4 aliphatic carbocycles. The zero-order valence-corrected chi connectivity index (χ0v) is 17.8. The second-order valence-corrected chi connectivity index (χ2v) is 10.5. The van der Waals surface area contributed by atoms with Gasteiger partial charge in [0.05, 0.1) is 12.9 Å². The summed E-state index contributed by atoms with van der Waals surface area (Å²) < 4.78 is 11.6. The lowest BCUT2D eigenvalue weighted by molar-refractivity contribution is -0.167. The van der Waals surface area contributed by atoms with Crippen LogP contribution < -0.4 is 0 Å². The van der Waals surface area contributed by atoms with Crippen LogP contribution >= 0.6 is 0 Å². The summed E-state index contributed by atoms with van der Waals surface area (Å²) in [6.45, 7) is 7.09. The van der Waals surface area contributed by atoms with Crippen molar-refractivity contribution >= 4 is 5.97 Å². The van der Waals surface area contributed by atoms with E-state index in [0.29, 0.717) is 18.3 Å². The van der Waals surface area contributed by atoms with Crippen LogP contribution in [-0.2, 0) is 14.3 Å². The standard InChI is InChI=1S/C25H34O3/c1-23-12-9-18(27-4)15-17(23)7-8-19-20(23)10-13-24(2,22(19)16-5-6-16)25(3)14-11-21(26)28-25/h7,10,15-16,19,22H,5-6,8-9,11-14H2,1-4H3/t19?,22?,23-,24-,25+/m0/s1. The molecule has 0 N–H and O–H groups in total. The zero-order chi connectivity index (χ0) is 19.7. The van der Waals surface area contributed by atoms with Gasteiger partial charge in [0.2, 0.25) is 0 Å². The minimum atomic E-state index is -0.319. The summed E-state index contributed by atoms with van der Waals surface area (Å²) in [4.78, 5) is 12.1. The van der Waals surface area contributed by atoms with Gasteiger partial charge in [-0.2, -0.15) is 0 Å². The molecule has 0 bridgehead atoms. The molecule has 2 fully saturated rings. The van der Waals surface area contributed by atoms with Gasteiger partial charge in [0.25, 0.3) is 0 Å². The molecule has 1 saturated heterocycles. The molecule has 1 heterocycles. The SMILES string of the molecule is COC1=CC2=CCC3C(=CC[C@](C)([C@@]4(C)CCC(=O)O4)C3C3CC3)[C@@]2(C)CC1. The number of carbonyl (C=O) groups is 1. The summed E-state index contributed by atoms with van der Waals surface area (Å²) in [7, 11) is 1.79. The Morgan fingerprint density at radius 2 is 1.89 bits per heavy atom. The van der Waals surface area contributed by atoms with Gasteiger partial charge in [0.15, 0.2) is 0 Å². The molecule has 0 aromatic carbocycles. The summed E-state index contributed by atoms with van der Waals surface area (Å²) in [5.74, 6) is 3.12. The Morgan fingerprint density at radius 1 is 1.11 bits per heavy atom. The smallest absolute Gasteiger partial charge is 0.306 e. The lowest BCUT2D eigenvalue weighted by Gasteiger charge is -2.57. The van der Waals surface area contributed by atoms with Gasteiger partial charge < -0.3 is 9.47 Å². The van der Waals surface area contributed by atoms with E-state index < -0.39 is 0 Å². The first-order valence-electron chi connectivity index (χ1n) is 11.2. The maximum atomic E-state index is 12.1. The Hall–Kier alpha value is -1.51. The average Bonchev–Trinajstić information content (AvgIpc) is 3.44. The molecule has 5 rings (SSSR count). The predicted octanol–water partition coefficient (Wildman–Crippen LogP) is 5.72. The van der Waals surface area contributed by atoms with Gasteiger partial charge in [-0.3, -0.25) is 4.79 Å². The Labute approximate surface area is 169 Å². The number of ether oxygens (including phenoxy) is 2. The fourth-order valence-electron chi connectivity index (χ4n) is 7.06. The van der Waals surface area contributed by atoms with Gasteiger partial charge in [-0.15, -0.1) is 0 Å². The van der Waals surface area contributed by atoms with E-state index >= 15 is 0 Å². The van der Waals surface area contributed by atoms with Crippen LogP contribution in [-0.4, -0.2) is 18.7 Å². The molecule has 152 valence electrons. The molecule has 3 nitrogen and oxygen atoms in total. The van der Waals surface area contributed by atoms with E-state index in [9.17, 15) is 4.79 Å². The largest absolute Gasteiger partial charge is 0.501 e. The second kappa shape index (κ2) is 6.00. The minimum absolute atomic E-state index is 0.00431. The fraction of sp³-hybridized carbons (Fsp3) is 0.720. The maximum absolute atomic E-state index is 12.1. The number of hydrogen-bond donors (Lipinski definition) is 0. The van der Waals surface area contributed by atoms with Crippen LogP contribution in [0.4, 0.5) is 0 Å². The summed E-state index contributed by atoms with van der Waals surface area (Å²) in [5, 5.41) is 0. The molecular weight excluding hydrogens is 348 g/mol. The highest BCUT2D eigenvalue weighted by molar-refractivity contribution is 5.72. The number of methoxy groups -OCH3 is 1. The Morgan fingerprint density at radius 3 is 2.54 bits per heavy atom. The van der Waals surface area contributed by atoms with Crippen LogP contribution in [0.2, 0.25) is 0 Å². The van der Waals surface area contributed by atoms with Gasteiger partial charge in [0, 0.05) is 23.7 Å². The van der Waals surface area contributed by atoms with Gasteiger partial charge in [-0.1, -0.05) is 31.6 Å². The Bertz CT molecular complexity index is 801. The number of hydrogen-bond acceptors (Lipinski definition) is 3. The Kier molecular flexibility index (Phi) is 3.97. The average molecular weight is 383 g/mol. The molecule has 0 spiro atoms. The van der Waals surface area contributed by atoms with Gasteiger partial charge in [-0.25, -0.2) is 0 Å². The highest BCUT2D eigenvalue weighted by atomic mass is 16.6. The van der Waals surface area contributed by atoms with Crippen molar-refractivity contribution in [1.29, 1.82) is 0 Å². The second-order valence-electron chi connectivity index (χ2n) is 10.5. The quantitative estimate of drug-likeness (QED) is 0.462. The molecule has 1 saturated carbocycles. The van der Waals surface area contributed by atoms with E-state index in [1.165, 1.54) is 18.4 Å². The number of rotatable bonds is 3.